The van der Waals surface area contributed by atoms with Gasteiger partial charge >= 0.3 is 6.18 Å². The Morgan fingerprint density at radius 3 is 2.63 bits per heavy atom. The zero-order chi connectivity index (χ0) is 14.0. The monoisotopic (exact) mass is 273 g/mol. The van der Waals surface area contributed by atoms with Crippen molar-refractivity contribution in [1.29, 1.82) is 0 Å². The van der Waals surface area contributed by atoms with Crippen molar-refractivity contribution in [2.24, 2.45) is 5.92 Å². The predicted molar refractivity (Wildman–Crippen MR) is 67.9 cm³/mol. The van der Waals surface area contributed by atoms with Crippen LogP contribution in [0.5, 0.6) is 0 Å². The Balaban J connectivity index is 2.00. The fourth-order valence-electron chi connectivity index (χ4n) is 2.41. The molecule has 0 aliphatic carbocycles. The van der Waals surface area contributed by atoms with E-state index in [0.717, 1.165) is 31.8 Å². The molecule has 0 bridgehead atoms. The minimum atomic E-state index is -4.33. The number of piperidine rings is 1. The zero-order valence-corrected chi connectivity index (χ0v) is 11.0. The van der Waals surface area contributed by atoms with Gasteiger partial charge in [-0.15, -0.1) is 0 Å². The smallest absolute Gasteiger partial charge is 0.367 e. The molecule has 0 radical (unpaired) electrons. The molecule has 1 aromatic heterocycles. The van der Waals surface area contributed by atoms with E-state index in [1.807, 2.05) is 0 Å². The average molecular weight is 273 g/mol. The van der Waals surface area contributed by atoms with Crippen molar-refractivity contribution in [3.8, 4) is 0 Å². The largest absolute Gasteiger partial charge is 0.417 e. The summed E-state index contributed by atoms with van der Waals surface area (Å²) in [6.07, 6.45) is -2.48. The Morgan fingerprint density at radius 1 is 1.37 bits per heavy atom. The van der Waals surface area contributed by atoms with E-state index in [1.165, 1.54) is 6.07 Å². The summed E-state index contributed by atoms with van der Waals surface area (Å²) in [5, 5.41) is 3.22. The number of pyridine rings is 1. The molecule has 6 heteroatoms. The SMILES string of the molecule is CC1CN(C)CCC1Nc1ccc(C(F)(F)F)cn1. The highest BCUT2D eigenvalue weighted by Crippen LogP contribution is 2.29. The van der Waals surface area contributed by atoms with Crippen molar-refractivity contribution in [3.05, 3.63) is 23.9 Å². The Bertz CT molecular complexity index is 416. The second kappa shape index (κ2) is 5.36. The highest BCUT2D eigenvalue weighted by atomic mass is 19.4. The molecule has 106 valence electrons. The van der Waals surface area contributed by atoms with E-state index >= 15 is 0 Å². The van der Waals surface area contributed by atoms with Crippen LogP contribution in [-0.2, 0) is 6.18 Å². The maximum atomic E-state index is 12.4. The standard InChI is InChI=1S/C13H18F3N3/c1-9-8-19(2)6-5-11(9)18-12-4-3-10(7-17-12)13(14,15)16/h3-4,7,9,11H,5-6,8H2,1-2H3,(H,17,18). The lowest BCUT2D eigenvalue weighted by molar-refractivity contribution is -0.137. The highest BCUT2D eigenvalue weighted by molar-refractivity contribution is 5.37. The van der Waals surface area contributed by atoms with Gasteiger partial charge in [-0.2, -0.15) is 13.2 Å². The van der Waals surface area contributed by atoms with Crippen LogP contribution in [-0.4, -0.2) is 36.1 Å². The molecule has 0 saturated carbocycles. The fraction of sp³-hybridized carbons (Fsp3) is 0.615. The number of likely N-dealkylation sites (tertiary alicyclic amines) is 1. The molecule has 0 aromatic carbocycles. The predicted octanol–water partition coefficient (Wildman–Crippen LogP) is 2.85. The van der Waals surface area contributed by atoms with Gasteiger partial charge < -0.3 is 10.2 Å². The number of anilines is 1. The molecule has 2 rings (SSSR count). The van der Waals surface area contributed by atoms with Crippen LogP contribution in [0.2, 0.25) is 0 Å². The molecule has 0 spiro atoms. The number of nitrogens with zero attached hydrogens (tertiary/aromatic N) is 2. The van der Waals surface area contributed by atoms with Crippen LogP contribution in [0.15, 0.2) is 18.3 Å². The van der Waals surface area contributed by atoms with Crippen molar-refractivity contribution in [1.82, 2.24) is 9.88 Å². The maximum Gasteiger partial charge on any atom is 0.417 e. The van der Waals surface area contributed by atoms with Crippen LogP contribution in [0.3, 0.4) is 0 Å². The molecule has 1 aromatic rings. The molecule has 3 nitrogen and oxygen atoms in total. The summed E-state index contributed by atoms with van der Waals surface area (Å²) in [5.41, 5.74) is -0.713. The van der Waals surface area contributed by atoms with Gasteiger partial charge in [0.1, 0.15) is 5.82 Å². The Morgan fingerprint density at radius 2 is 2.11 bits per heavy atom. The maximum absolute atomic E-state index is 12.4. The van der Waals surface area contributed by atoms with Crippen molar-refractivity contribution < 1.29 is 13.2 Å². The van der Waals surface area contributed by atoms with Crippen LogP contribution < -0.4 is 5.32 Å². The van der Waals surface area contributed by atoms with Crippen molar-refractivity contribution in [3.63, 3.8) is 0 Å². The lowest BCUT2D eigenvalue weighted by Crippen LogP contribution is -2.43. The third kappa shape index (κ3) is 3.59. The number of aromatic nitrogens is 1. The topological polar surface area (TPSA) is 28.2 Å². The molecule has 2 unspecified atom stereocenters. The van der Waals surface area contributed by atoms with E-state index in [9.17, 15) is 13.2 Å². The number of rotatable bonds is 2. The van der Waals surface area contributed by atoms with E-state index in [1.54, 1.807) is 0 Å². The second-order valence-electron chi connectivity index (χ2n) is 5.21. The van der Waals surface area contributed by atoms with E-state index in [0.29, 0.717) is 11.7 Å². The Kier molecular flexibility index (Phi) is 3.99. The van der Waals surface area contributed by atoms with Crippen LogP contribution in [0.25, 0.3) is 0 Å². The average Bonchev–Trinajstić information content (AvgIpc) is 2.32. The molecule has 0 amide bonds. The number of nitrogens with one attached hydrogen (secondary N) is 1. The van der Waals surface area contributed by atoms with Crippen LogP contribution in [0, 0.1) is 5.92 Å². The second-order valence-corrected chi connectivity index (χ2v) is 5.21. The van der Waals surface area contributed by atoms with E-state index in [4.69, 9.17) is 0 Å². The fourth-order valence-corrected chi connectivity index (χ4v) is 2.41. The van der Waals surface area contributed by atoms with Crippen LogP contribution >= 0.6 is 0 Å². The Labute approximate surface area is 110 Å². The first-order chi connectivity index (χ1) is 8.86. The zero-order valence-electron chi connectivity index (χ0n) is 11.0. The van der Waals surface area contributed by atoms with Crippen molar-refractivity contribution >= 4 is 5.82 Å². The first-order valence-corrected chi connectivity index (χ1v) is 6.34. The number of alkyl halides is 3. The molecule has 2 heterocycles. The van der Waals surface area contributed by atoms with Crippen molar-refractivity contribution in [2.75, 3.05) is 25.5 Å². The van der Waals surface area contributed by atoms with Gasteiger partial charge in [-0.05, 0) is 38.1 Å². The molecule has 1 saturated heterocycles. The molecule has 19 heavy (non-hydrogen) atoms. The molecule has 1 N–H and O–H groups in total. The molecule has 1 aliphatic heterocycles. The lowest BCUT2D eigenvalue weighted by atomic mass is 9.94. The van der Waals surface area contributed by atoms with Gasteiger partial charge in [0, 0.05) is 18.8 Å². The lowest BCUT2D eigenvalue weighted by Gasteiger charge is -2.35. The molecule has 1 fully saturated rings. The number of hydrogen-bond donors (Lipinski definition) is 1. The van der Waals surface area contributed by atoms with Crippen LogP contribution in [0.1, 0.15) is 18.9 Å². The first-order valence-electron chi connectivity index (χ1n) is 6.34. The number of hydrogen-bond acceptors (Lipinski definition) is 3. The summed E-state index contributed by atoms with van der Waals surface area (Å²) < 4.78 is 37.3. The van der Waals surface area contributed by atoms with E-state index < -0.39 is 11.7 Å². The molecule has 2 atom stereocenters. The summed E-state index contributed by atoms with van der Waals surface area (Å²) in [6.45, 7) is 4.11. The molecular formula is C13H18F3N3. The minimum Gasteiger partial charge on any atom is -0.367 e. The van der Waals surface area contributed by atoms with E-state index in [-0.39, 0.29) is 6.04 Å². The third-order valence-corrected chi connectivity index (χ3v) is 3.53. The van der Waals surface area contributed by atoms with Gasteiger partial charge in [0.15, 0.2) is 0 Å². The highest BCUT2D eigenvalue weighted by Gasteiger charge is 2.31. The summed E-state index contributed by atoms with van der Waals surface area (Å²) >= 11 is 0. The summed E-state index contributed by atoms with van der Waals surface area (Å²) in [4.78, 5) is 6.10. The van der Waals surface area contributed by atoms with Gasteiger partial charge in [0.25, 0.3) is 0 Å². The van der Waals surface area contributed by atoms with Crippen molar-refractivity contribution in [2.45, 2.75) is 25.6 Å². The van der Waals surface area contributed by atoms with Gasteiger partial charge in [0.05, 0.1) is 5.56 Å². The summed E-state index contributed by atoms with van der Waals surface area (Å²) in [6, 6.07) is 2.73. The number of halogens is 3. The van der Waals surface area contributed by atoms with Crippen LogP contribution in [0.4, 0.5) is 19.0 Å². The van der Waals surface area contributed by atoms with Gasteiger partial charge in [-0.25, -0.2) is 4.98 Å². The first kappa shape index (κ1) is 14.1. The minimum absolute atomic E-state index is 0.264. The van der Waals surface area contributed by atoms with Gasteiger partial charge in [0.2, 0.25) is 0 Å². The van der Waals surface area contributed by atoms with E-state index in [2.05, 4.69) is 29.2 Å². The molecular weight excluding hydrogens is 255 g/mol. The quantitative estimate of drug-likeness (QED) is 0.898. The summed E-state index contributed by atoms with van der Waals surface area (Å²) in [5.74, 6) is 0.956. The normalized spacial score (nSPS) is 25.3. The Hall–Kier alpha value is -1.30. The van der Waals surface area contributed by atoms with Gasteiger partial charge in [-0.1, -0.05) is 6.92 Å². The van der Waals surface area contributed by atoms with Gasteiger partial charge in [-0.3, -0.25) is 0 Å². The summed E-state index contributed by atoms with van der Waals surface area (Å²) in [7, 11) is 2.07. The molecule has 1 aliphatic rings. The third-order valence-electron chi connectivity index (χ3n) is 3.53.